The number of imidazole rings is 1. The normalized spacial score (nSPS) is 11.6. The Morgan fingerprint density at radius 3 is 2.37 bits per heavy atom. The molecule has 30 heavy (non-hydrogen) atoms. The van der Waals surface area contributed by atoms with Crippen molar-refractivity contribution in [1.82, 2.24) is 14.9 Å². The zero-order valence-corrected chi connectivity index (χ0v) is 17.1. The van der Waals surface area contributed by atoms with Crippen LogP contribution in [0.2, 0.25) is 0 Å². The molecule has 1 atom stereocenters. The predicted molar refractivity (Wildman–Crippen MR) is 118 cm³/mol. The molecule has 6 nitrogen and oxygen atoms in total. The molecule has 0 aliphatic carbocycles. The van der Waals surface area contributed by atoms with E-state index in [9.17, 15) is 9.59 Å². The van der Waals surface area contributed by atoms with Crippen LogP contribution in [-0.2, 0) is 7.05 Å². The fourth-order valence-electron chi connectivity index (χ4n) is 3.12. The van der Waals surface area contributed by atoms with Crippen LogP contribution in [-0.4, -0.2) is 21.4 Å². The molecule has 150 valence electrons. The second kappa shape index (κ2) is 8.75. The number of carbonyl (C=O) groups is 2. The van der Waals surface area contributed by atoms with Gasteiger partial charge in [0.25, 0.3) is 11.8 Å². The van der Waals surface area contributed by atoms with Gasteiger partial charge in [0, 0.05) is 30.7 Å². The Bertz CT molecular complexity index is 1140. The van der Waals surface area contributed by atoms with Crippen molar-refractivity contribution in [2.75, 3.05) is 5.32 Å². The molecule has 2 N–H and O–H groups in total. The number of hydrogen-bond acceptors (Lipinski definition) is 4. The van der Waals surface area contributed by atoms with Crippen LogP contribution in [0, 0.1) is 0 Å². The molecule has 2 aromatic heterocycles. The number of rotatable bonds is 6. The van der Waals surface area contributed by atoms with E-state index in [2.05, 4.69) is 15.6 Å². The lowest BCUT2D eigenvalue weighted by atomic mass is 10.1. The highest BCUT2D eigenvalue weighted by molar-refractivity contribution is 7.12. The highest BCUT2D eigenvalue weighted by Crippen LogP contribution is 2.21. The summed E-state index contributed by atoms with van der Waals surface area (Å²) in [4.78, 5) is 30.1. The third kappa shape index (κ3) is 4.31. The summed E-state index contributed by atoms with van der Waals surface area (Å²) in [6.45, 7) is 0. The van der Waals surface area contributed by atoms with Crippen LogP contribution in [0.1, 0.15) is 37.5 Å². The maximum Gasteiger partial charge on any atom is 0.265 e. The molecule has 4 aromatic rings. The summed E-state index contributed by atoms with van der Waals surface area (Å²) in [5.41, 5.74) is 2.08. The van der Waals surface area contributed by atoms with Gasteiger partial charge in [0.05, 0.1) is 4.88 Å². The minimum atomic E-state index is -0.378. The van der Waals surface area contributed by atoms with E-state index in [0.717, 1.165) is 11.4 Å². The maximum atomic E-state index is 12.9. The molecule has 0 fully saturated rings. The molecule has 7 heteroatoms. The van der Waals surface area contributed by atoms with E-state index in [0.29, 0.717) is 16.1 Å². The lowest BCUT2D eigenvalue weighted by Crippen LogP contribution is -2.31. The number of nitrogens with zero attached hydrogens (tertiary/aromatic N) is 2. The fraction of sp³-hybridized carbons (Fsp3) is 0.0870. The van der Waals surface area contributed by atoms with Gasteiger partial charge < -0.3 is 15.2 Å². The molecule has 0 spiro atoms. The van der Waals surface area contributed by atoms with E-state index in [4.69, 9.17) is 0 Å². The highest BCUT2D eigenvalue weighted by atomic mass is 32.1. The molecular formula is C23H20N4O2S. The number of thiophene rings is 1. The monoisotopic (exact) mass is 416 g/mol. The summed E-state index contributed by atoms with van der Waals surface area (Å²) >= 11 is 1.38. The summed E-state index contributed by atoms with van der Waals surface area (Å²) in [6.07, 6.45) is 3.56. The largest absolute Gasteiger partial charge is 0.338 e. The number of aromatic nitrogens is 2. The molecule has 0 bridgehead atoms. The first-order chi connectivity index (χ1) is 14.6. The van der Waals surface area contributed by atoms with Crippen LogP contribution in [0.15, 0.2) is 84.5 Å². The Hall–Kier alpha value is -3.71. The number of benzene rings is 2. The van der Waals surface area contributed by atoms with Crippen LogP contribution in [0.4, 0.5) is 5.69 Å². The quantitative estimate of drug-likeness (QED) is 0.493. The van der Waals surface area contributed by atoms with Gasteiger partial charge in [-0.25, -0.2) is 4.98 Å². The summed E-state index contributed by atoms with van der Waals surface area (Å²) in [7, 11) is 1.90. The highest BCUT2D eigenvalue weighted by Gasteiger charge is 2.21. The summed E-state index contributed by atoms with van der Waals surface area (Å²) in [5.74, 6) is 0.360. The van der Waals surface area contributed by atoms with Gasteiger partial charge in [0.1, 0.15) is 11.9 Å². The van der Waals surface area contributed by atoms with Crippen molar-refractivity contribution in [3.63, 3.8) is 0 Å². The summed E-state index contributed by atoms with van der Waals surface area (Å²) < 4.78 is 1.89. The lowest BCUT2D eigenvalue weighted by molar-refractivity contribution is 0.0940. The number of nitrogens with one attached hydrogen (secondary N) is 2. The van der Waals surface area contributed by atoms with Gasteiger partial charge in [-0.1, -0.05) is 36.4 Å². The van der Waals surface area contributed by atoms with Gasteiger partial charge in [-0.15, -0.1) is 11.3 Å². The van der Waals surface area contributed by atoms with E-state index in [-0.39, 0.29) is 17.9 Å². The molecule has 2 amide bonds. The molecule has 0 saturated carbocycles. The molecule has 0 saturated heterocycles. The number of hydrogen-bond donors (Lipinski definition) is 2. The average Bonchev–Trinajstić information content (AvgIpc) is 3.45. The zero-order valence-electron chi connectivity index (χ0n) is 16.3. The predicted octanol–water partition coefficient (Wildman–Crippen LogP) is 4.25. The van der Waals surface area contributed by atoms with Crippen molar-refractivity contribution in [3.05, 3.63) is 106 Å². The van der Waals surface area contributed by atoms with Crippen molar-refractivity contribution >= 4 is 28.8 Å². The number of amides is 2. The number of aryl methyl sites for hydroxylation is 1. The maximum absolute atomic E-state index is 12.9. The Morgan fingerprint density at radius 2 is 1.73 bits per heavy atom. The number of anilines is 1. The first-order valence-corrected chi connectivity index (χ1v) is 10.3. The Kier molecular flexibility index (Phi) is 5.72. The van der Waals surface area contributed by atoms with Crippen LogP contribution < -0.4 is 10.6 Å². The van der Waals surface area contributed by atoms with Crippen molar-refractivity contribution in [2.45, 2.75) is 6.04 Å². The van der Waals surface area contributed by atoms with Crippen LogP contribution in [0.25, 0.3) is 0 Å². The second-order valence-corrected chi connectivity index (χ2v) is 7.67. The van der Waals surface area contributed by atoms with Crippen molar-refractivity contribution in [1.29, 1.82) is 0 Å². The third-order valence-electron chi connectivity index (χ3n) is 4.67. The Labute approximate surface area is 178 Å². The van der Waals surface area contributed by atoms with Gasteiger partial charge in [0.15, 0.2) is 0 Å². The van der Waals surface area contributed by atoms with Crippen LogP contribution >= 0.6 is 11.3 Å². The van der Waals surface area contributed by atoms with E-state index in [1.54, 1.807) is 36.5 Å². The molecule has 0 aliphatic rings. The molecule has 0 aliphatic heterocycles. The number of carbonyl (C=O) groups excluding carboxylic acids is 2. The topological polar surface area (TPSA) is 76.0 Å². The lowest BCUT2D eigenvalue weighted by Gasteiger charge is -2.19. The van der Waals surface area contributed by atoms with Crippen LogP contribution in [0.5, 0.6) is 0 Å². The minimum Gasteiger partial charge on any atom is -0.338 e. The average molecular weight is 417 g/mol. The van der Waals surface area contributed by atoms with Crippen LogP contribution in [0.3, 0.4) is 0 Å². The van der Waals surface area contributed by atoms with Gasteiger partial charge in [0.2, 0.25) is 0 Å². The summed E-state index contributed by atoms with van der Waals surface area (Å²) in [5, 5.41) is 7.76. The van der Waals surface area contributed by atoms with E-state index >= 15 is 0 Å². The molecule has 2 heterocycles. The Balaban J connectivity index is 1.50. The molecule has 2 aromatic carbocycles. The standard InChI is InChI=1S/C23H20N4O2S/c1-27-14-13-24-21(27)20(16-6-3-2-4-7-16)26-22(28)17-9-11-18(12-10-17)25-23(29)19-8-5-15-30-19/h2-15,20H,1H3,(H,25,29)(H,26,28). The van der Waals surface area contributed by atoms with Gasteiger partial charge in [-0.3, -0.25) is 9.59 Å². The van der Waals surface area contributed by atoms with E-state index < -0.39 is 0 Å². The SMILES string of the molecule is Cn1ccnc1C(NC(=O)c1ccc(NC(=O)c2cccs2)cc1)c1ccccc1. The smallest absolute Gasteiger partial charge is 0.265 e. The van der Waals surface area contributed by atoms with E-state index in [1.165, 1.54) is 11.3 Å². The van der Waals surface area contributed by atoms with Crippen molar-refractivity contribution in [2.24, 2.45) is 7.05 Å². The summed E-state index contributed by atoms with van der Waals surface area (Å²) in [6, 6.07) is 19.8. The van der Waals surface area contributed by atoms with Gasteiger partial charge >= 0.3 is 0 Å². The van der Waals surface area contributed by atoms with Crippen molar-refractivity contribution in [3.8, 4) is 0 Å². The van der Waals surface area contributed by atoms with Crippen molar-refractivity contribution < 1.29 is 9.59 Å². The minimum absolute atomic E-state index is 0.166. The second-order valence-electron chi connectivity index (χ2n) is 6.72. The van der Waals surface area contributed by atoms with Gasteiger partial charge in [-0.05, 0) is 41.3 Å². The molecule has 4 rings (SSSR count). The molecular weight excluding hydrogens is 396 g/mol. The zero-order chi connectivity index (χ0) is 20.9. The third-order valence-corrected chi connectivity index (χ3v) is 5.54. The first-order valence-electron chi connectivity index (χ1n) is 9.40. The molecule has 1 unspecified atom stereocenters. The van der Waals surface area contributed by atoms with Gasteiger partial charge in [-0.2, -0.15) is 0 Å². The van der Waals surface area contributed by atoms with E-state index in [1.807, 2.05) is 59.6 Å². The Morgan fingerprint density at radius 1 is 0.967 bits per heavy atom. The fourth-order valence-corrected chi connectivity index (χ4v) is 3.74. The molecule has 0 radical (unpaired) electrons. The first kappa shape index (κ1) is 19.6.